The first-order chi connectivity index (χ1) is 11.2. The highest BCUT2D eigenvalue weighted by Gasteiger charge is 2.25. The molecule has 0 aliphatic rings. The quantitative estimate of drug-likeness (QED) is 0.724. The van der Waals surface area contributed by atoms with Crippen molar-refractivity contribution in [3.8, 4) is 11.5 Å². The molecule has 0 saturated heterocycles. The first-order valence-electron chi connectivity index (χ1n) is 7.31. The van der Waals surface area contributed by atoms with Gasteiger partial charge in [0.1, 0.15) is 11.3 Å². The van der Waals surface area contributed by atoms with E-state index in [1.165, 1.54) is 0 Å². The van der Waals surface area contributed by atoms with Crippen LogP contribution < -0.4 is 0 Å². The Morgan fingerprint density at radius 2 is 2.04 bits per heavy atom. The van der Waals surface area contributed by atoms with Gasteiger partial charge in [-0.15, -0.1) is 0 Å². The van der Waals surface area contributed by atoms with E-state index in [1.54, 1.807) is 49.7 Å². The number of carbonyl (C=O) groups is 1. The molecule has 0 unspecified atom stereocenters. The van der Waals surface area contributed by atoms with E-state index < -0.39 is 0 Å². The number of hydrogen-bond acceptors (Lipinski definition) is 5. The maximum Gasteiger partial charge on any atom is 0.259 e. The van der Waals surface area contributed by atoms with Crippen LogP contribution in [0, 0.1) is 6.92 Å². The van der Waals surface area contributed by atoms with Crippen molar-refractivity contribution in [2.75, 3.05) is 13.6 Å². The molecule has 1 amide bonds. The summed E-state index contributed by atoms with van der Waals surface area (Å²) in [5.41, 5.74) is 2.01. The third-order valence-corrected chi connectivity index (χ3v) is 3.66. The number of nitrogens with zero attached hydrogens (tertiary/aromatic N) is 3. The van der Waals surface area contributed by atoms with Crippen molar-refractivity contribution in [1.82, 2.24) is 15.0 Å². The third-order valence-electron chi connectivity index (χ3n) is 3.66. The molecule has 118 valence electrons. The van der Waals surface area contributed by atoms with Gasteiger partial charge in [0.05, 0.1) is 6.26 Å². The van der Waals surface area contributed by atoms with Gasteiger partial charge in [-0.2, -0.15) is 0 Å². The van der Waals surface area contributed by atoms with Gasteiger partial charge in [-0.3, -0.25) is 9.78 Å². The van der Waals surface area contributed by atoms with E-state index in [1.807, 2.05) is 12.1 Å². The molecule has 3 heterocycles. The van der Waals surface area contributed by atoms with Crippen LogP contribution in [0.1, 0.15) is 21.7 Å². The number of aromatic nitrogens is 2. The lowest BCUT2D eigenvalue weighted by atomic mass is 10.1. The number of carbonyl (C=O) groups excluding carboxylic acids is 1. The summed E-state index contributed by atoms with van der Waals surface area (Å²) in [6.45, 7) is 2.31. The number of amides is 1. The van der Waals surface area contributed by atoms with Gasteiger partial charge in [0.15, 0.2) is 11.5 Å². The lowest BCUT2D eigenvalue weighted by Gasteiger charge is -2.17. The molecule has 3 rings (SSSR count). The molecule has 0 N–H and O–H groups in total. The molecule has 0 saturated carbocycles. The van der Waals surface area contributed by atoms with E-state index >= 15 is 0 Å². The molecule has 3 aromatic rings. The number of hydrogen-bond donors (Lipinski definition) is 0. The molecular weight excluding hydrogens is 294 g/mol. The Labute approximate surface area is 133 Å². The molecule has 0 bridgehead atoms. The first kappa shape index (κ1) is 15.0. The van der Waals surface area contributed by atoms with E-state index in [-0.39, 0.29) is 5.91 Å². The molecular formula is C17H17N3O3. The zero-order chi connectivity index (χ0) is 16.2. The number of likely N-dealkylation sites (N-methyl/N-ethyl adjacent to an activating group) is 1. The number of rotatable bonds is 5. The molecule has 0 spiro atoms. The van der Waals surface area contributed by atoms with E-state index in [0.29, 0.717) is 29.3 Å². The molecule has 0 aliphatic heterocycles. The Morgan fingerprint density at radius 1 is 1.26 bits per heavy atom. The molecule has 0 atom stereocenters. The predicted molar refractivity (Wildman–Crippen MR) is 83.8 cm³/mol. The van der Waals surface area contributed by atoms with E-state index in [4.69, 9.17) is 8.94 Å². The topological polar surface area (TPSA) is 72.4 Å². The normalized spacial score (nSPS) is 10.7. The molecule has 6 heteroatoms. The van der Waals surface area contributed by atoms with Crippen molar-refractivity contribution < 1.29 is 13.7 Å². The minimum Gasteiger partial charge on any atom is -0.463 e. The van der Waals surface area contributed by atoms with Gasteiger partial charge in [0.2, 0.25) is 0 Å². The van der Waals surface area contributed by atoms with Crippen molar-refractivity contribution in [3.05, 3.63) is 59.8 Å². The van der Waals surface area contributed by atoms with Gasteiger partial charge in [-0.05, 0) is 43.2 Å². The zero-order valence-electron chi connectivity index (χ0n) is 13.0. The number of furan rings is 1. The fraction of sp³-hybridized carbons (Fsp3) is 0.235. The summed E-state index contributed by atoms with van der Waals surface area (Å²) in [5, 5.41) is 3.96. The van der Waals surface area contributed by atoms with Gasteiger partial charge < -0.3 is 13.8 Å². The van der Waals surface area contributed by atoms with Crippen LogP contribution in [0.25, 0.3) is 11.5 Å². The molecule has 0 aromatic carbocycles. The van der Waals surface area contributed by atoms with Gasteiger partial charge in [0, 0.05) is 26.0 Å². The third kappa shape index (κ3) is 3.15. The summed E-state index contributed by atoms with van der Waals surface area (Å²) in [7, 11) is 1.77. The second-order valence-electron chi connectivity index (χ2n) is 5.27. The largest absolute Gasteiger partial charge is 0.463 e. The van der Waals surface area contributed by atoms with Gasteiger partial charge in [-0.1, -0.05) is 5.16 Å². The summed E-state index contributed by atoms with van der Waals surface area (Å²) in [6.07, 6.45) is 5.79. The molecule has 0 aliphatic carbocycles. The van der Waals surface area contributed by atoms with Crippen LogP contribution >= 0.6 is 0 Å². The summed E-state index contributed by atoms with van der Waals surface area (Å²) in [4.78, 5) is 18.4. The van der Waals surface area contributed by atoms with Crippen LogP contribution in [0.4, 0.5) is 0 Å². The van der Waals surface area contributed by atoms with Crippen molar-refractivity contribution in [2.24, 2.45) is 0 Å². The Bertz CT molecular complexity index is 779. The fourth-order valence-corrected chi connectivity index (χ4v) is 2.34. The average molecular weight is 311 g/mol. The number of pyridine rings is 1. The number of aryl methyl sites for hydroxylation is 1. The molecule has 23 heavy (non-hydrogen) atoms. The van der Waals surface area contributed by atoms with E-state index in [0.717, 1.165) is 12.0 Å². The van der Waals surface area contributed by atoms with E-state index in [2.05, 4.69) is 10.1 Å². The highest BCUT2D eigenvalue weighted by Crippen LogP contribution is 2.26. The fourth-order valence-electron chi connectivity index (χ4n) is 2.34. The maximum absolute atomic E-state index is 12.7. The lowest BCUT2D eigenvalue weighted by Crippen LogP contribution is -2.29. The minimum atomic E-state index is -0.135. The summed E-state index contributed by atoms with van der Waals surface area (Å²) < 4.78 is 10.5. The van der Waals surface area contributed by atoms with Crippen LogP contribution in [0.5, 0.6) is 0 Å². The van der Waals surface area contributed by atoms with Crippen molar-refractivity contribution in [1.29, 1.82) is 0 Å². The van der Waals surface area contributed by atoms with Crippen LogP contribution in [0.15, 0.2) is 51.9 Å². The zero-order valence-corrected chi connectivity index (χ0v) is 13.0. The van der Waals surface area contributed by atoms with Crippen LogP contribution in [-0.4, -0.2) is 34.5 Å². The van der Waals surface area contributed by atoms with Crippen molar-refractivity contribution >= 4 is 5.91 Å². The highest BCUT2D eigenvalue weighted by molar-refractivity contribution is 6.00. The molecule has 0 radical (unpaired) electrons. The Kier molecular flexibility index (Phi) is 4.23. The van der Waals surface area contributed by atoms with Crippen molar-refractivity contribution in [2.45, 2.75) is 13.3 Å². The molecule has 3 aromatic heterocycles. The van der Waals surface area contributed by atoms with Crippen LogP contribution in [0.2, 0.25) is 0 Å². The second-order valence-corrected chi connectivity index (χ2v) is 5.27. The standard InChI is InChI=1S/C17H17N3O3/c1-12-15(16(19-23-12)14-4-3-11-22-14)17(21)20(2)10-7-13-5-8-18-9-6-13/h3-6,8-9,11H,7,10H2,1-2H3. The average Bonchev–Trinajstić information content (AvgIpc) is 3.22. The van der Waals surface area contributed by atoms with Gasteiger partial charge >= 0.3 is 0 Å². The van der Waals surface area contributed by atoms with Crippen LogP contribution in [-0.2, 0) is 6.42 Å². The SMILES string of the molecule is Cc1onc(-c2ccco2)c1C(=O)N(C)CCc1ccncc1. The lowest BCUT2D eigenvalue weighted by molar-refractivity contribution is 0.0795. The first-order valence-corrected chi connectivity index (χ1v) is 7.31. The minimum absolute atomic E-state index is 0.135. The highest BCUT2D eigenvalue weighted by atomic mass is 16.5. The Balaban J connectivity index is 1.76. The van der Waals surface area contributed by atoms with Gasteiger partial charge in [-0.25, -0.2) is 0 Å². The summed E-state index contributed by atoms with van der Waals surface area (Å²) in [6, 6.07) is 7.39. The summed E-state index contributed by atoms with van der Waals surface area (Å²) >= 11 is 0. The van der Waals surface area contributed by atoms with Crippen molar-refractivity contribution in [3.63, 3.8) is 0 Å². The second kappa shape index (κ2) is 6.48. The maximum atomic E-state index is 12.7. The monoisotopic (exact) mass is 311 g/mol. The summed E-state index contributed by atoms with van der Waals surface area (Å²) in [5.74, 6) is 0.870. The van der Waals surface area contributed by atoms with E-state index in [9.17, 15) is 4.79 Å². The molecule has 0 fully saturated rings. The smallest absolute Gasteiger partial charge is 0.259 e. The Morgan fingerprint density at radius 3 is 2.74 bits per heavy atom. The molecule has 6 nitrogen and oxygen atoms in total. The van der Waals surface area contributed by atoms with Gasteiger partial charge in [0.25, 0.3) is 5.91 Å². The van der Waals surface area contributed by atoms with Crippen LogP contribution in [0.3, 0.4) is 0 Å². The predicted octanol–water partition coefficient (Wildman–Crippen LogP) is 2.95. The Hall–Kier alpha value is -2.89.